The number of fused-ring (bicyclic) bond motifs is 3. The van der Waals surface area contributed by atoms with Crippen LogP contribution in [0.5, 0.6) is 0 Å². The summed E-state index contributed by atoms with van der Waals surface area (Å²) >= 11 is 0. The quantitative estimate of drug-likeness (QED) is 0.700. The lowest BCUT2D eigenvalue weighted by Gasteiger charge is -2.32. The van der Waals surface area contributed by atoms with Crippen LogP contribution in [0.3, 0.4) is 0 Å². The van der Waals surface area contributed by atoms with E-state index in [0.29, 0.717) is 12.2 Å². The third kappa shape index (κ3) is 3.71. The number of benzene rings is 2. The van der Waals surface area contributed by atoms with E-state index >= 15 is 0 Å². The van der Waals surface area contributed by atoms with Crippen molar-refractivity contribution < 1.29 is 9.59 Å². The van der Waals surface area contributed by atoms with Crippen molar-refractivity contribution in [3.05, 3.63) is 71.9 Å². The molecule has 1 saturated carbocycles. The van der Waals surface area contributed by atoms with Gasteiger partial charge in [0.1, 0.15) is 6.04 Å². The van der Waals surface area contributed by atoms with E-state index in [2.05, 4.69) is 15.6 Å². The van der Waals surface area contributed by atoms with Crippen LogP contribution in [0.25, 0.3) is 11.3 Å². The molecule has 5 rings (SSSR count). The molecule has 0 radical (unpaired) electrons. The summed E-state index contributed by atoms with van der Waals surface area (Å²) in [6.45, 7) is 0.315. The maximum Gasteiger partial charge on any atom is 0.347 e. The molecule has 1 fully saturated rings. The lowest BCUT2D eigenvalue weighted by atomic mass is 9.94. The van der Waals surface area contributed by atoms with Gasteiger partial charge in [0, 0.05) is 18.2 Å². The lowest BCUT2D eigenvalue weighted by molar-refractivity contribution is -0.126. The second-order valence-corrected chi connectivity index (χ2v) is 8.26. The second kappa shape index (κ2) is 8.34. The number of nitrogens with zero attached hydrogens (tertiary/aromatic N) is 4. The normalized spacial score (nSPS) is 17.4. The zero-order chi connectivity index (χ0) is 21.2. The van der Waals surface area contributed by atoms with Gasteiger partial charge in [-0.15, -0.1) is 5.10 Å². The Balaban J connectivity index is 1.56. The number of carbonyl (C=O) groups excluding carboxylic acids is 2. The largest absolute Gasteiger partial charge is 0.351 e. The van der Waals surface area contributed by atoms with Crippen molar-refractivity contribution in [3.63, 3.8) is 0 Å². The molecule has 1 N–H and O–H groups in total. The molecule has 1 unspecified atom stereocenters. The fourth-order valence-electron chi connectivity index (χ4n) is 4.68. The van der Waals surface area contributed by atoms with Crippen molar-refractivity contribution in [2.45, 2.75) is 50.7 Å². The molecule has 0 saturated heterocycles. The van der Waals surface area contributed by atoms with Crippen molar-refractivity contribution in [3.8, 4) is 11.3 Å². The summed E-state index contributed by atoms with van der Waals surface area (Å²) in [6.07, 6.45) is 7.03. The van der Waals surface area contributed by atoms with Crippen LogP contribution in [-0.2, 0) is 11.3 Å². The van der Waals surface area contributed by atoms with Crippen LogP contribution in [0.2, 0.25) is 0 Å². The van der Waals surface area contributed by atoms with E-state index in [1.54, 1.807) is 11.1 Å². The van der Waals surface area contributed by atoms with Crippen molar-refractivity contribution >= 4 is 11.9 Å². The number of nitrogens with one attached hydrogen (secondary N) is 1. The highest BCUT2D eigenvalue weighted by Gasteiger charge is 2.37. The highest BCUT2D eigenvalue weighted by molar-refractivity contribution is 5.91. The third-order valence-electron chi connectivity index (χ3n) is 6.24. The minimum atomic E-state index is -0.751. The standard InChI is InChI=1S/C24H25N5O2/c30-23(26-19-12-5-2-6-13-19)22(17-9-3-1-4-10-17)28-16-18-11-7-8-14-20(18)21-15-25-27-29(21)24(28)31/h1,3-4,7-11,14-15,19,22H,2,5-6,12-13,16H2,(H,26,30). The third-order valence-corrected chi connectivity index (χ3v) is 6.24. The van der Waals surface area contributed by atoms with Gasteiger partial charge in [0.25, 0.3) is 0 Å². The molecule has 0 spiro atoms. The molecule has 2 aliphatic rings. The summed E-state index contributed by atoms with van der Waals surface area (Å²) in [4.78, 5) is 28.8. The first-order valence-corrected chi connectivity index (χ1v) is 10.9. The maximum absolute atomic E-state index is 13.6. The molecular weight excluding hydrogens is 390 g/mol. The van der Waals surface area contributed by atoms with Crippen molar-refractivity contribution in [1.29, 1.82) is 0 Å². The van der Waals surface area contributed by atoms with E-state index in [9.17, 15) is 9.59 Å². The monoisotopic (exact) mass is 415 g/mol. The molecule has 158 valence electrons. The molecule has 1 aliphatic heterocycles. The van der Waals surface area contributed by atoms with Crippen LogP contribution < -0.4 is 5.32 Å². The van der Waals surface area contributed by atoms with Crippen molar-refractivity contribution in [2.75, 3.05) is 0 Å². The average Bonchev–Trinajstić information content (AvgIpc) is 3.26. The fraction of sp³-hybridized carbons (Fsp3) is 0.333. The van der Waals surface area contributed by atoms with Gasteiger partial charge >= 0.3 is 6.03 Å². The van der Waals surface area contributed by atoms with Crippen LogP contribution in [0.15, 0.2) is 60.8 Å². The van der Waals surface area contributed by atoms with E-state index in [1.807, 2.05) is 54.6 Å². The molecule has 1 aliphatic carbocycles. The van der Waals surface area contributed by atoms with E-state index < -0.39 is 6.04 Å². The molecule has 7 nitrogen and oxygen atoms in total. The molecule has 3 aromatic rings. The number of carbonyl (C=O) groups is 2. The predicted octanol–water partition coefficient (Wildman–Crippen LogP) is 3.92. The zero-order valence-corrected chi connectivity index (χ0v) is 17.3. The number of rotatable bonds is 4. The van der Waals surface area contributed by atoms with E-state index in [4.69, 9.17) is 0 Å². The Morgan fingerprint density at radius 2 is 1.74 bits per heavy atom. The van der Waals surface area contributed by atoms with Crippen LogP contribution in [0.4, 0.5) is 4.79 Å². The summed E-state index contributed by atoms with van der Waals surface area (Å²) in [5.74, 6) is -0.146. The number of hydrogen-bond donors (Lipinski definition) is 1. The van der Waals surface area contributed by atoms with Crippen LogP contribution in [-0.4, -0.2) is 37.9 Å². The zero-order valence-electron chi connectivity index (χ0n) is 17.3. The van der Waals surface area contributed by atoms with Gasteiger partial charge in [-0.25, -0.2) is 4.79 Å². The minimum Gasteiger partial charge on any atom is -0.351 e. The summed E-state index contributed by atoms with van der Waals surface area (Å²) in [5.41, 5.74) is 3.29. The lowest BCUT2D eigenvalue weighted by Crippen LogP contribution is -2.47. The minimum absolute atomic E-state index is 0.146. The molecule has 2 heterocycles. The van der Waals surface area contributed by atoms with E-state index in [0.717, 1.165) is 42.4 Å². The molecule has 2 aromatic carbocycles. The summed E-state index contributed by atoms with van der Waals surface area (Å²) in [5, 5.41) is 11.2. The Kier molecular flexibility index (Phi) is 5.24. The van der Waals surface area contributed by atoms with Gasteiger partial charge < -0.3 is 10.2 Å². The molecular formula is C24H25N5O2. The van der Waals surface area contributed by atoms with E-state index in [-0.39, 0.29) is 18.0 Å². The van der Waals surface area contributed by atoms with Gasteiger partial charge in [0.15, 0.2) is 0 Å². The number of hydrogen-bond acceptors (Lipinski definition) is 4. The Hall–Kier alpha value is -3.48. The molecule has 2 amide bonds. The molecule has 7 heteroatoms. The first kappa shape index (κ1) is 19.5. The topological polar surface area (TPSA) is 80.1 Å². The van der Waals surface area contributed by atoms with Crippen molar-refractivity contribution in [2.24, 2.45) is 0 Å². The Morgan fingerprint density at radius 3 is 2.55 bits per heavy atom. The van der Waals surface area contributed by atoms with Crippen LogP contribution in [0, 0.1) is 0 Å². The number of amides is 2. The Bertz CT molecular complexity index is 1090. The smallest absolute Gasteiger partial charge is 0.347 e. The highest BCUT2D eigenvalue weighted by Crippen LogP contribution is 2.33. The molecule has 1 aromatic heterocycles. The van der Waals surface area contributed by atoms with Crippen LogP contribution >= 0.6 is 0 Å². The molecule has 0 bridgehead atoms. The maximum atomic E-state index is 13.6. The Labute approximate surface area is 181 Å². The predicted molar refractivity (Wildman–Crippen MR) is 116 cm³/mol. The fourth-order valence-corrected chi connectivity index (χ4v) is 4.68. The van der Waals surface area contributed by atoms with Crippen LogP contribution in [0.1, 0.15) is 49.3 Å². The summed E-state index contributed by atoms with van der Waals surface area (Å²) < 4.78 is 1.30. The average molecular weight is 415 g/mol. The number of aromatic nitrogens is 3. The molecule has 31 heavy (non-hydrogen) atoms. The van der Waals surface area contributed by atoms with E-state index in [1.165, 1.54) is 11.1 Å². The first-order chi connectivity index (χ1) is 15.2. The van der Waals surface area contributed by atoms with Gasteiger partial charge in [-0.3, -0.25) is 4.79 Å². The summed E-state index contributed by atoms with van der Waals surface area (Å²) in [6, 6.07) is 16.4. The van der Waals surface area contributed by atoms with Gasteiger partial charge in [-0.05, 0) is 24.0 Å². The van der Waals surface area contributed by atoms with Crippen molar-refractivity contribution in [1.82, 2.24) is 25.2 Å². The second-order valence-electron chi connectivity index (χ2n) is 8.26. The Morgan fingerprint density at radius 1 is 1.00 bits per heavy atom. The van der Waals surface area contributed by atoms with Gasteiger partial charge in [0.2, 0.25) is 5.91 Å². The van der Waals surface area contributed by atoms with Gasteiger partial charge in [-0.1, -0.05) is 79.1 Å². The SMILES string of the molecule is O=C(NC1CCCCC1)C(c1ccccc1)N1Cc2ccccc2-c2cnnn2C1=O. The summed E-state index contributed by atoms with van der Waals surface area (Å²) in [7, 11) is 0. The van der Waals surface area contributed by atoms with Gasteiger partial charge in [0.05, 0.1) is 11.9 Å². The highest BCUT2D eigenvalue weighted by atomic mass is 16.2. The molecule has 1 atom stereocenters. The first-order valence-electron chi connectivity index (χ1n) is 10.9. The van der Waals surface area contributed by atoms with Gasteiger partial charge in [-0.2, -0.15) is 4.68 Å².